The summed E-state index contributed by atoms with van der Waals surface area (Å²) in [5.41, 5.74) is 0.484. The molecule has 74 valence electrons. The van der Waals surface area contributed by atoms with Gasteiger partial charge in [0.05, 0.1) is 0 Å². The molecule has 0 unspecified atom stereocenters. The van der Waals surface area contributed by atoms with Crippen molar-refractivity contribution in [3.05, 3.63) is 41.7 Å². The van der Waals surface area contributed by atoms with Gasteiger partial charge >= 0.3 is 5.97 Å². The minimum atomic E-state index is -0.844. The van der Waals surface area contributed by atoms with Crippen LogP contribution in [0.4, 0.5) is 4.39 Å². The predicted octanol–water partition coefficient (Wildman–Crippen LogP) is 2.70. The van der Waals surface area contributed by atoms with Gasteiger partial charge in [0.15, 0.2) is 0 Å². The van der Waals surface area contributed by atoms with E-state index in [2.05, 4.69) is 0 Å². The maximum Gasteiger partial charge on any atom is 0.303 e. The molecule has 0 amide bonds. The van der Waals surface area contributed by atoms with Crippen LogP contribution in [0.25, 0.3) is 6.08 Å². The van der Waals surface area contributed by atoms with Gasteiger partial charge in [0, 0.05) is 12.0 Å². The molecule has 1 N–H and O–H groups in total. The molecule has 0 bridgehead atoms. The fourth-order valence-corrected chi connectivity index (χ4v) is 1.03. The van der Waals surface area contributed by atoms with E-state index in [-0.39, 0.29) is 12.2 Å². The quantitative estimate of drug-likeness (QED) is 0.800. The van der Waals surface area contributed by atoms with Crippen LogP contribution in [-0.4, -0.2) is 11.1 Å². The van der Waals surface area contributed by atoms with E-state index in [1.807, 2.05) is 0 Å². The first-order valence-corrected chi connectivity index (χ1v) is 4.33. The number of carboxylic acids is 1. The van der Waals surface area contributed by atoms with Crippen molar-refractivity contribution in [2.24, 2.45) is 0 Å². The summed E-state index contributed by atoms with van der Waals surface area (Å²) in [6, 6.07) is 6.37. The average molecular weight is 194 g/mol. The van der Waals surface area contributed by atoms with Crippen molar-refractivity contribution < 1.29 is 14.3 Å². The summed E-state index contributed by atoms with van der Waals surface area (Å²) < 4.78 is 13.0. The van der Waals surface area contributed by atoms with E-state index in [9.17, 15) is 9.18 Å². The van der Waals surface area contributed by atoms with Crippen LogP contribution in [0.3, 0.4) is 0 Å². The number of hydrogen-bond donors (Lipinski definition) is 1. The molecule has 0 aliphatic heterocycles. The summed E-state index contributed by atoms with van der Waals surface area (Å²) >= 11 is 0. The molecule has 14 heavy (non-hydrogen) atoms. The lowest BCUT2D eigenvalue weighted by molar-refractivity contribution is -0.136. The third-order valence-corrected chi connectivity index (χ3v) is 1.73. The molecule has 1 rings (SSSR count). The largest absolute Gasteiger partial charge is 0.481 e. The number of aliphatic carboxylic acids is 1. The van der Waals surface area contributed by atoms with Crippen LogP contribution in [0.15, 0.2) is 30.3 Å². The lowest BCUT2D eigenvalue weighted by Gasteiger charge is -1.94. The first-order chi connectivity index (χ1) is 6.70. The maximum atomic E-state index is 13.0. The molecule has 0 aliphatic carbocycles. The number of allylic oxidation sites excluding steroid dienone is 1. The first kappa shape index (κ1) is 10.4. The lowest BCUT2D eigenvalue weighted by Crippen LogP contribution is -1.91. The highest BCUT2D eigenvalue weighted by Gasteiger charge is 1.95. The van der Waals surface area contributed by atoms with Gasteiger partial charge in [0.1, 0.15) is 5.82 Å². The Hall–Kier alpha value is -1.64. The molecule has 0 radical (unpaired) electrons. The Morgan fingerprint density at radius 1 is 1.43 bits per heavy atom. The molecule has 0 spiro atoms. The van der Waals surface area contributed by atoms with Crippen molar-refractivity contribution >= 4 is 12.0 Å². The van der Waals surface area contributed by atoms with Gasteiger partial charge in [-0.1, -0.05) is 30.4 Å². The molecule has 0 saturated carbocycles. The number of carbonyl (C=O) groups is 1. The van der Waals surface area contributed by atoms with E-state index >= 15 is 0 Å². The third kappa shape index (κ3) is 3.39. The molecule has 0 aromatic heterocycles. The van der Waals surface area contributed by atoms with Gasteiger partial charge in [0.2, 0.25) is 0 Å². The van der Waals surface area contributed by atoms with E-state index in [0.717, 1.165) is 0 Å². The zero-order valence-electron chi connectivity index (χ0n) is 7.61. The first-order valence-electron chi connectivity index (χ1n) is 4.33. The summed E-state index contributed by atoms with van der Waals surface area (Å²) in [5.74, 6) is -1.14. The van der Waals surface area contributed by atoms with Gasteiger partial charge < -0.3 is 5.11 Å². The van der Waals surface area contributed by atoms with E-state index < -0.39 is 5.97 Å². The van der Waals surface area contributed by atoms with E-state index in [4.69, 9.17) is 5.11 Å². The molecule has 0 atom stereocenters. The predicted molar refractivity (Wildman–Crippen MR) is 52.3 cm³/mol. The zero-order valence-corrected chi connectivity index (χ0v) is 7.61. The smallest absolute Gasteiger partial charge is 0.303 e. The molecule has 1 aromatic carbocycles. The van der Waals surface area contributed by atoms with Crippen LogP contribution >= 0.6 is 0 Å². The van der Waals surface area contributed by atoms with E-state index in [1.54, 1.807) is 30.4 Å². The van der Waals surface area contributed by atoms with Crippen LogP contribution < -0.4 is 0 Å². The Bertz CT molecular complexity index is 345. The Balaban J connectivity index is 2.52. The maximum absolute atomic E-state index is 13.0. The summed E-state index contributed by atoms with van der Waals surface area (Å²) in [4.78, 5) is 10.2. The summed E-state index contributed by atoms with van der Waals surface area (Å²) in [6.45, 7) is 0. The summed E-state index contributed by atoms with van der Waals surface area (Å²) in [6.07, 6.45) is 3.75. The van der Waals surface area contributed by atoms with Gasteiger partial charge in [0.25, 0.3) is 0 Å². The van der Waals surface area contributed by atoms with Gasteiger partial charge in [-0.25, -0.2) is 4.39 Å². The van der Waals surface area contributed by atoms with Gasteiger partial charge in [-0.3, -0.25) is 4.79 Å². The number of carboxylic acid groups (broad SMARTS) is 1. The minimum Gasteiger partial charge on any atom is -0.481 e. The lowest BCUT2D eigenvalue weighted by atomic mass is 10.2. The fraction of sp³-hybridized carbons (Fsp3) is 0.182. The molecular formula is C11H11FO2. The van der Waals surface area contributed by atoms with Crippen LogP contribution in [0.2, 0.25) is 0 Å². The molecule has 0 fully saturated rings. The monoisotopic (exact) mass is 194 g/mol. The SMILES string of the molecule is O=C(O)CC/C=C/c1ccccc1F. The van der Waals surface area contributed by atoms with Crippen LogP contribution in [0, 0.1) is 5.82 Å². The van der Waals surface area contributed by atoms with Crippen molar-refractivity contribution in [3.63, 3.8) is 0 Å². The fourth-order valence-electron chi connectivity index (χ4n) is 1.03. The average Bonchev–Trinajstić information content (AvgIpc) is 2.15. The van der Waals surface area contributed by atoms with Crippen molar-refractivity contribution in [2.75, 3.05) is 0 Å². The minimum absolute atomic E-state index is 0.0744. The molecular weight excluding hydrogens is 183 g/mol. The Labute approximate surface area is 81.7 Å². The normalized spacial score (nSPS) is 10.6. The second-order valence-electron chi connectivity index (χ2n) is 2.86. The number of halogens is 1. The summed E-state index contributed by atoms with van der Waals surface area (Å²) in [7, 11) is 0. The standard InChI is InChI=1S/C11H11FO2/c12-10-7-3-1-5-9(10)6-2-4-8-11(13)14/h1-3,5-7H,4,8H2,(H,13,14)/b6-2+. The Morgan fingerprint density at radius 2 is 2.14 bits per heavy atom. The number of rotatable bonds is 4. The highest BCUT2D eigenvalue weighted by atomic mass is 19.1. The second-order valence-corrected chi connectivity index (χ2v) is 2.86. The van der Waals surface area contributed by atoms with Crippen molar-refractivity contribution in [2.45, 2.75) is 12.8 Å². The van der Waals surface area contributed by atoms with Crippen molar-refractivity contribution in [1.29, 1.82) is 0 Å². The van der Waals surface area contributed by atoms with Crippen molar-refractivity contribution in [3.8, 4) is 0 Å². The molecule has 2 nitrogen and oxygen atoms in total. The van der Waals surface area contributed by atoms with Crippen LogP contribution in [0.1, 0.15) is 18.4 Å². The zero-order chi connectivity index (χ0) is 10.4. The van der Waals surface area contributed by atoms with E-state index in [0.29, 0.717) is 12.0 Å². The highest BCUT2D eigenvalue weighted by molar-refractivity contribution is 5.67. The number of benzene rings is 1. The molecule has 0 aliphatic rings. The number of hydrogen-bond acceptors (Lipinski definition) is 1. The van der Waals surface area contributed by atoms with Gasteiger partial charge in [-0.05, 0) is 12.5 Å². The third-order valence-electron chi connectivity index (χ3n) is 1.73. The van der Waals surface area contributed by atoms with Gasteiger partial charge in [-0.2, -0.15) is 0 Å². The van der Waals surface area contributed by atoms with Crippen molar-refractivity contribution in [1.82, 2.24) is 0 Å². The topological polar surface area (TPSA) is 37.3 Å². The van der Waals surface area contributed by atoms with Crippen LogP contribution in [-0.2, 0) is 4.79 Å². The molecule has 0 heterocycles. The highest BCUT2D eigenvalue weighted by Crippen LogP contribution is 2.08. The molecule has 0 saturated heterocycles. The summed E-state index contributed by atoms with van der Waals surface area (Å²) in [5, 5.41) is 8.36. The molecule has 1 aromatic rings. The molecule has 3 heteroatoms. The van der Waals surface area contributed by atoms with Crippen LogP contribution in [0.5, 0.6) is 0 Å². The Morgan fingerprint density at radius 3 is 2.79 bits per heavy atom. The second kappa shape index (κ2) is 5.17. The Kier molecular flexibility index (Phi) is 3.85. The van der Waals surface area contributed by atoms with E-state index in [1.165, 1.54) is 6.07 Å². The van der Waals surface area contributed by atoms with Gasteiger partial charge in [-0.15, -0.1) is 0 Å².